The summed E-state index contributed by atoms with van der Waals surface area (Å²) >= 11 is 0. The Hall–Kier alpha value is -4.87. The molecule has 0 saturated heterocycles. The lowest BCUT2D eigenvalue weighted by Gasteiger charge is -2.39. The molecule has 2 N–H and O–H groups in total. The normalized spacial score (nSPS) is 11.3. The van der Waals surface area contributed by atoms with Crippen LogP contribution in [-0.4, -0.2) is 40.9 Å². The summed E-state index contributed by atoms with van der Waals surface area (Å²) in [5.41, 5.74) is 2.99. The van der Waals surface area contributed by atoms with E-state index in [1.165, 1.54) is 82.0 Å². The Morgan fingerprint density at radius 3 is 0.603 bits per heavy atom. The summed E-state index contributed by atoms with van der Waals surface area (Å²) in [6.07, 6.45) is 11.1. The van der Waals surface area contributed by atoms with E-state index in [1.54, 1.807) is 0 Å². The molecule has 0 saturated carbocycles. The Bertz CT molecular complexity index is 1530. The molecule has 0 spiro atoms. The Labute approximate surface area is 350 Å². The Kier molecular flexibility index (Phi) is 20.9. The molecule has 0 aliphatic rings. The first-order valence-electron chi connectivity index (χ1n) is 21.5. The molecule has 6 aromatic carbocycles. The van der Waals surface area contributed by atoms with Gasteiger partial charge in [0.05, 0.1) is 26.2 Å². The van der Waals surface area contributed by atoms with Crippen molar-refractivity contribution in [1.82, 2.24) is 0 Å². The lowest BCUT2D eigenvalue weighted by molar-refractivity contribution is -0.929. The molecule has 308 valence electrons. The maximum atomic E-state index is 11.4. The number of halogens is 1. The smallest absolute Gasteiger partial charge is 0.140 e. The summed E-state index contributed by atoms with van der Waals surface area (Å²) in [7, 11) is 0. The first kappa shape index (κ1) is 47.5. The number of aliphatic hydroxyl groups is 2. The molecule has 0 aliphatic carbocycles. The fourth-order valence-corrected chi connectivity index (χ4v) is 7.72. The molecular weight excluding hydrogens is 714 g/mol. The minimum Gasteiger partial charge on any atom is -1.00 e. The predicted octanol–water partition coefficient (Wildman–Crippen LogP) is 9.95. The fraction of sp³-hybridized carbons (Fsp3) is 0.333. The van der Waals surface area contributed by atoms with Gasteiger partial charge in [0, 0.05) is 0 Å². The van der Waals surface area contributed by atoms with Crippen LogP contribution in [0.4, 0.5) is 0 Å². The highest BCUT2D eigenvalue weighted by Crippen LogP contribution is 2.37. The lowest BCUT2D eigenvalue weighted by Crippen LogP contribution is -3.00. The molecule has 0 radical (unpaired) electrons. The highest BCUT2D eigenvalue weighted by atomic mass is 19.0. The molecule has 0 amide bonds. The molecule has 0 unspecified atom stereocenters. The van der Waals surface area contributed by atoms with Crippen molar-refractivity contribution in [2.24, 2.45) is 0 Å². The van der Waals surface area contributed by atoms with Crippen molar-refractivity contribution < 1.29 is 19.4 Å². The summed E-state index contributed by atoms with van der Waals surface area (Å²) < 4.78 is 1.42. The van der Waals surface area contributed by atoms with Crippen molar-refractivity contribution in [2.45, 2.75) is 90.3 Å². The van der Waals surface area contributed by atoms with E-state index in [4.69, 9.17) is 0 Å². The highest BCUT2D eigenvalue weighted by molar-refractivity contribution is 5.48. The van der Waals surface area contributed by atoms with Gasteiger partial charge in [-0.2, -0.15) is 0 Å². The van der Waals surface area contributed by atoms with Gasteiger partial charge in [-0.1, -0.05) is 235 Å². The van der Waals surface area contributed by atoms with Gasteiger partial charge in [0.1, 0.15) is 11.2 Å². The lowest BCUT2D eigenvalue weighted by atomic mass is 9.80. The summed E-state index contributed by atoms with van der Waals surface area (Å²) in [6, 6.07) is 58.7. The van der Waals surface area contributed by atoms with Crippen LogP contribution in [0, 0.1) is 0 Å². The predicted molar refractivity (Wildman–Crippen MR) is 242 cm³/mol. The SMILES string of the molecule is CCCC[N+](CCCC)(CCCC)CCCC.OC(c1ccccc1)(c1ccccc1)c1ccccc1.OC(c1ccccc1)(c1ccccc1)c1ccccc1.[F-]. The third-order valence-electron chi connectivity index (χ3n) is 11.1. The fourth-order valence-electron chi connectivity index (χ4n) is 7.72. The Morgan fingerprint density at radius 2 is 0.466 bits per heavy atom. The number of unbranched alkanes of at least 4 members (excludes halogenated alkanes) is 4. The average molecular weight is 782 g/mol. The average Bonchev–Trinajstić information content (AvgIpc) is 3.30. The number of quaternary nitrogens is 1. The van der Waals surface area contributed by atoms with Crippen LogP contribution in [0.15, 0.2) is 182 Å². The first-order valence-corrected chi connectivity index (χ1v) is 21.5. The van der Waals surface area contributed by atoms with E-state index in [2.05, 4.69) is 27.7 Å². The zero-order chi connectivity index (χ0) is 40.7. The van der Waals surface area contributed by atoms with Gasteiger partial charge in [-0.3, -0.25) is 0 Å². The monoisotopic (exact) mass is 782 g/mol. The van der Waals surface area contributed by atoms with Gasteiger partial charge in [0.15, 0.2) is 0 Å². The van der Waals surface area contributed by atoms with Crippen LogP contribution in [0.3, 0.4) is 0 Å². The molecule has 6 rings (SSSR count). The van der Waals surface area contributed by atoms with E-state index >= 15 is 0 Å². The van der Waals surface area contributed by atoms with Crippen LogP contribution in [0.2, 0.25) is 0 Å². The first-order chi connectivity index (χ1) is 27.9. The van der Waals surface area contributed by atoms with Crippen LogP contribution in [0.5, 0.6) is 0 Å². The number of nitrogens with zero attached hydrogens (tertiary/aromatic N) is 1. The molecule has 0 aliphatic heterocycles. The van der Waals surface area contributed by atoms with Gasteiger partial charge >= 0.3 is 0 Å². The highest BCUT2D eigenvalue weighted by Gasteiger charge is 2.34. The zero-order valence-corrected chi connectivity index (χ0v) is 35.5. The zero-order valence-electron chi connectivity index (χ0n) is 35.5. The molecule has 58 heavy (non-hydrogen) atoms. The van der Waals surface area contributed by atoms with Crippen molar-refractivity contribution in [3.05, 3.63) is 215 Å². The van der Waals surface area contributed by atoms with Crippen molar-refractivity contribution in [3.8, 4) is 0 Å². The van der Waals surface area contributed by atoms with E-state index in [9.17, 15) is 10.2 Å². The minimum absolute atomic E-state index is 0. The van der Waals surface area contributed by atoms with Gasteiger partial charge in [0.25, 0.3) is 0 Å². The number of hydrogen-bond acceptors (Lipinski definition) is 2. The number of rotatable bonds is 18. The summed E-state index contributed by atoms with van der Waals surface area (Å²) in [5, 5.41) is 22.9. The molecule has 0 bridgehead atoms. The van der Waals surface area contributed by atoms with Crippen molar-refractivity contribution in [3.63, 3.8) is 0 Å². The molecule has 4 heteroatoms. The molecule has 0 fully saturated rings. The van der Waals surface area contributed by atoms with E-state index in [0.29, 0.717) is 0 Å². The molecule has 6 aromatic rings. The maximum Gasteiger partial charge on any atom is 0.140 e. The van der Waals surface area contributed by atoms with Gasteiger partial charge in [-0.25, -0.2) is 0 Å². The topological polar surface area (TPSA) is 40.5 Å². The van der Waals surface area contributed by atoms with Crippen LogP contribution < -0.4 is 4.70 Å². The summed E-state index contributed by atoms with van der Waals surface area (Å²) in [5.74, 6) is 0. The van der Waals surface area contributed by atoms with Gasteiger partial charge in [0.2, 0.25) is 0 Å². The van der Waals surface area contributed by atoms with E-state index < -0.39 is 11.2 Å². The molecule has 3 nitrogen and oxygen atoms in total. The number of benzene rings is 6. The molecule has 0 heterocycles. The minimum atomic E-state index is -1.12. The number of hydrogen-bond donors (Lipinski definition) is 2. The van der Waals surface area contributed by atoms with Gasteiger partial charge < -0.3 is 19.4 Å². The molecule has 0 aromatic heterocycles. The van der Waals surface area contributed by atoms with Crippen LogP contribution in [-0.2, 0) is 11.2 Å². The van der Waals surface area contributed by atoms with E-state index in [1.807, 2.05) is 182 Å². The summed E-state index contributed by atoms with van der Waals surface area (Å²) in [6.45, 7) is 15.0. The van der Waals surface area contributed by atoms with E-state index in [-0.39, 0.29) is 4.70 Å². The Morgan fingerprint density at radius 1 is 0.310 bits per heavy atom. The third kappa shape index (κ3) is 13.1. The van der Waals surface area contributed by atoms with Crippen LogP contribution in [0.25, 0.3) is 0 Å². The third-order valence-corrected chi connectivity index (χ3v) is 11.1. The second kappa shape index (κ2) is 25.5. The van der Waals surface area contributed by atoms with E-state index in [0.717, 1.165) is 33.4 Å². The van der Waals surface area contributed by atoms with Crippen LogP contribution >= 0.6 is 0 Å². The standard InChI is InChI=1S/2C19H16O.C16H36N.FH/c2*20-19(16-10-4-1-5-11-16,17-12-6-2-7-13-17)18-14-8-3-9-15-18;1-5-9-13-17(14-10-6-2,15-11-7-3)16-12-8-4;/h2*1-15,20H;5-16H2,1-4H3;1H/q;;+1;/p-1. The maximum absolute atomic E-state index is 11.4. The van der Waals surface area contributed by atoms with Gasteiger partial charge in [-0.15, -0.1) is 0 Å². The van der Waals surface area contributed by atoms with Crippen molar-refractivity contribution in [1.29, 1.82) is 0 Å². The van der Waals surface area contributed by atoms with Gasteiger partial charge in [-0.05, 0) is 59.1 Å². The van der Waals surface area contributed by atoms with Crippen LogP contribution in [0.1, 0.15) is 112 Å². The quantitative estimate of drug-likeness (QED) is 0.0674. The molecular formula is C54H68FNO2. The largest absolute Gasteiger partial charge is 1.00 e. The van der Waals surface area contributed by atoms with Crippen molar-refractivity contribution in [2.75, 3.05) is 26.2 Å². The Balaban J connectivity index is 0.000000232. The molecule has 0 atom stereocenters. The van der Waals surface area contributed by atoms with Crippen molar-refractivity contribution >= 4 is 0 Å². The second-order valence-corrected chi connectivity index (χ2v) is 15.3. The second-order valence-electron chi connectivity index (χ2n) is 15.3. The summed E-state index contributed by atoms with van der Waals surface area (Å²) in [4.78, 5) is 0.